The van der Waals surface area contributed by atoms with Gasteiger partial charge in [0.05, 0.1) is 5.75 Å². The van der Waals surface area contributed by atoms with Crippen molar-refractivity contribution < 1.29 is 9.59 Å². The van der Waals surface area contributed by atoms with Crippen LogP contribution in [-0.2, 0) is 22.4 Å². The van der Waals surface area contributed by atoms with Gasteiger partial charge in [-0.05, 0) is 30.7 Å². The highest BCUT2D eigenvalue weighted by Gasteiger charge is 2.24. The zero-order valence-corrected chi connectivity index (χ0v) is 17.9. The van der Waals surface area contributed by atoms with Crippen LogP contribution in [0.5, 0.6) is 0 Å². The summed E-state index contributed by atoms with van der Waals surface area (Å²) in [6, 6.07) is 0. The summed E-state index contributed by atoms with van der Waals surface area (Å²) in [6.07, 6.45) is 3.66. The van der Waals surface area contributed by atoms with Crippen LogP contribution in [0.15, 0.2) is 5.03 Å². The fourth-order valence-corrected chi connectivity index (χ4v) is 5.40. The number of carbonyl (C=O) groups excluding carboxylic acids is 2. The fraction of sp³-hybridized carbons (Fsp3) is 0.579. The minimum Gasteiger partial charge on any atom is -0.273 e. The molecular formula is C19H26N4O2S2. The van der Waals surface area contributed by atoms with Crippen molar-refractivity contribution in [2.75, 3.05) is 5.75 Å². The van der Waals surface area contributed by atoms with Crippen LogP contribution in [0.1, 0.15) is 62.7 Å². The number of hydrogen-bond acceptors (Lipinski definition) is 6. The Morgan fingerprint density at radius 2 is 2.00 bits per heavy atom. The molecule has 0 spiro atoms. The summed E-state index contributed by atoms with van der Waals surface area (Å²) in [5.74, 6) is 1.50. The second-order valence-electron chi connectivity index (χ2n) is 7.31. The summed E-state index contributed by atoms with van der Waals surface area (Å²) in [4.78, 5) is 35.4. The van der Waals surface area contributed by atoms with E-state index in [0.29, 0.717) is 12.3 Å². The first-order valence-electron chi connectivity index (χ1n) is 9.41. The van der Waals surface area contributed by atoms with Crippen LogP contribution in [-0.4, -0.2) is 27.5 Å². The molecule has 2 heterocycles. The van der Waals surface area contributed by atoms with Gasteiger partial charge in [-0.2, -0.15) is 0 Å². The Kier molecular flexibility index (Phi) is 6.37. The van der Waals surface area contributed by atoms with Crippen molar-refractivity contribution in [1.29, 1.82) is 0 Å². The number of hydrogen-bond donors (Lipinski definition) is 2. The van der Waals surface area contributed by atoms with Gasteiger partial charge in [-0.3, -0.25) is 20.4 Å². The predicted molar refractivity (Wildman–Crippen MR) is 110 cm³/mol. The average molecular weight is 407 g/mol. The first kappa shape index (κ1) is 20.1. The van der Waals surface area contributed by atoms with Gasteiger partial charge in [-0.15, -0.1) is 11.3 Å². The number of thiophene rings is 1. The third-order valence-electron chi connectivity index (χ3n) is 4.66. The van der Waals surface area contributed by atoms with E-state index in [9.17, 15) is 9.59 Å². The first-order valence-corrected chi connectivity index (χ1v) is 11.2. The summed E-state index contributed by atoms with van der Waals surface area (Å²) in [6.45, 7) is 8.20. The minimum absolute atomic E-state index is 0.203. The number of fused-ring (bicyclic) bond motifs is 3. The standard InChI is InChI=1S/C19H26N4O2S2/c1-5-14(24)22-23-15(25)9-26-18-16-12-7-6-11(4)8-13(12)27-19(16)21-17(20-18)10(2)3/h10-11H,5-9H2,1-4H3,(H,22,24)(H,23,25). The third-order valence-corrected chi connectivity index (χ3v) is 6.78. The minimum atomic E-state index is -0.239. The van der Waals surface area contributed by atoms with Gasteiger partial charge < -0.3 is 0 Å². The largest absolute Gasteiger partial charge is 0.273 e. The van der Waals surface area contributed by atoms with Crippen LogP contribution in [0.3, 0.4) is 0 Å². The molecule has 2 amide bonds. The highest BCUT2D eigenvalue weighted by molar-refractivity contribution is 8.00. The maximum absolute atomic E-state index is 12.1. The molecule has 1 aliphatic carbocycles. The number of aryl methyl sites for hydroxylation is 1. The number of amides is 2. The van der Waals surface area contributed by atoms with Gasteiger partial charge in [0.15, 0.2) is 0 Å². The summed E-state index contributed by atoms with van der Waals surface area (Å²) in [5.41, 5.74) is 6.22. The molecular weight excluding hydrogens is 380 g/mol. The van der Waals surface area contributed by atoms with Gasteiger partial charge in [0.1, 0.15) is 15.7 Å². The van der Waals surface area contributed by atoms with Crippen LogP contribution in [0.25, 0.3) is 10.2 Å². The average Bonchev–Trinajstić information content (AvgIpc) is 3.01. The van der Waals surface area contributed by atoms with E-state index in [1.807, 2.05) is 0 Å². The number of nitrogens with zero attached hydrogens (tertiary/aromatic N) is 2. The summed E-state index contributed by atoms with van der Waals surface area (Å²) < 4.78 is 0. The molecule has 3 rings (SSSR count). The van der Waals surface area contributed by atoms with Gasteiger partial charge >= 0.3 is 0 Å². The second kappa shape index (κ2) is 8.56. The van der Waals surface area contributed by atoms with E-state index in [1.54, 1.807) is 18.3 Å². The molecule has 0 saturated carbocycles. The number of nitrogens with one attached hydrogen (secondary N) is 2. The fourth-order valence-electron chi connectivity index (χ4n) is 3.09. The van der Waals surface area contributed by atoms with E-state index in [2.05, 4.69) is 31.6 Å². The van der Waals surface area contributed by atoms with Crippen LogP contribution in [0.2, 0.25) is 0 Å². The van der Waals surface area contributed by atoms with Gasteiger partial charge in [0, 0.05) is 22.6 Å². The zero-order chi connectivity index (χ0) is 19.6. The van der Waals surface area contributed by atoms with Crippen molar-refractivity contribution in [2.24, 2.45) is 5.92 Å². The van der Waals surface area contributed by atoms with E-state index < -0.39 is 0 Å². The molecule has 0 fully saturated rings. The van der Waals surface area contributed by atoms with Crippen LogP contribution in [0.4, 0.5) is 0 Å². The molecule has 1 aliphatic rings. The summed E-state index contributed by atoms with van der Waals surface area (Å²) in [5, 5.41) is 2.01. The van der Waals surface area contributed by atoms with E-state index >= 15 is 0 Å². The Hall–Kier alpha value is -1.67. The van der Waals surface area contributed by atoms with Crippen molar-refractivity contribution in [1.82, 2.24) is 20.8 Å². The molecule has 1 atom stereocenters. The molecule has 0 radical (unpaired) electrons. The number of hydrazine groups is 1. The Labute approximate surface area is 167 Å². The lowest BCUT2D eigenvalue weighted by molar-refractivity contribution is -0.127. The topological polar surface area (TPSA) is 84.0 Å². The number of carbonyl (C=O) groups is 2. The quantitative estimate of drug-likeness (QED) is 0.450. The highest BCUT2D eigenvalue weighted by atomic mass is 32.2. The molecule has 27 heavy (non-hydrogen) atoms. The van der Waals surface area contributed by atoms with Gasteiger partial charge in [0.2, 0.25) is 11.8 Å². The summed E-state index contributed by atoms with van der Waals surface area (Å²) in [7, 11) is 0. The lowest BCUT2D eigenvalue weighted by Crippen LogP contribution is -2.42. The number of aromatic nitrogens is 2. The van der Waals surface area contributed by atoms with Gasteiger partial charge in [-0.25, -0.2) is 9.97 Å². The molecule has 0 aromatic carbocycles. The highest BCUT2D eigenvalue weighted by Crippen LogP contribution is 2.41. The first-order chi connectivity index (χ1) is 12.9. The normalized spacial score (nSPS) is 16.4. The molecule has 0 bridgehead atoms. The summed E-state index contributed by atoms with van der Waals surface area (Å²) >= 11 is 3.20. The Morgan fingerprint density at radius 3 is 2.70 bits per heavy atom. The molecule has 0 saturated heterocycles. The molecule has 2 aromatic heterocycles. The lowest BCUT2D eigenvalue weighted by Gasteiger charge is -2.18. The molecule has 8 heteroatoms. The van der Waals surface area contributed by atoms with Crippen molar-refractivity contribution in [3.63, 3.8) is 0 Å². The van der Waals surface area contributed by atoms with Crippen molar-refractivity contribution >= 4 is 45.1 Å². The number of rotatable bonds is 5. The van der Waals surface area contributed by atoms with Gasteiger partial charge in [-0.1, -0.05) is 39.5 Å². The molecule has 146 valence electrons. The molecule has 6 nitrogen and oxygen atoms in total. The maximum atomic E-state index is 12.1. The number of thioether (sulfide) groups is 1. The second-order valence-corrected chi connectivity index (χ2v) is 9.36. The Morgan fingerprint density at radius 1 is 1.26 bits per heavy atom. The van der Waals surface area contributed by atoms with E-state index in [4.69, 9.17) is 9.97 Å². The van der Waals surface area contributed by atoms with Crippen LogP contribution < -0.4 is 10.9 Å². The van der Waals surface area contributed by atoms with E-state index in [-0.39, 0.29) is 23.5 Å². The SMILES string of the molecule is CCC(=O)NNC(=O)CSc1nc(C(C)C)nc2sc3c(c12)CCC(C)C3. The van der Waals surface area contributed by atoms with Gasteiger partial charge in [0.25, 0.3) is 0 Å². The Balaban J connectivity index is 1.86. The maximum Gasteiger partial charge on any atom is 0.248 e. The molecule has 2 N–H and O–H groups in total. The zero-order valence-electron chi connectivity index (χ0n) is 16.2. The van der Waals surface area contributed by atoms with Crippen LogP contribution >= 0.6 is 23.1 Å². The van der Waals surface area contributed by atoms with Crippen LogP contribution in [0, 0.1) is 5.92 Å². The van der Waals surface area contributed by atoms with Crippen molar-refractivity contribution in [3.8, 4) is 0 Å². The molecule has 1 unspecified atom stereocenters. The predicted octanol–water partition coefficient (Wildman–Crippen LogP) is 3.59. The third kappa shape index (κ3) is 4.60. The monoisotopic (exact) mass is 406 g/mol. The lowest BCUT2D eigenvalue weighted by atomic mass is 9.89. The Bertz CT molecular complexity index is 863. The molecule has 2 aromatic rings. The van der Waals surface area contributed by atoms with Crippen molar-refractivity contribution in [2.45, 2.75) is 64.3 Å². The van der Waals surface area contributed by atoms with E-state index in [0.717, 1.165) is 33.9 Å². The molecule has 0 aliphatic heterocycles. The van der Waals surface area contributed by atoms with Crippen molar-refractivity contribution in [3.05, 3.63) is 16.3 Å². The van der Waals surface area contributed by atoms with E-state index in [1.165, 1.54) is 28.6 Å². The smallest absolute Gasteiger partial charge is 0.248 e.